The van der Waals surface area contributed by atoms with Crippen LogP contribution in [-0.2, 0) is 0 Å². The normalized spacial score (nSPS) is 12.1. The topological polar surface area (TPSA) is 38.7 Å². The monoisotopic (exact) mass is 400 g/mol. The van der Waals surface area contributed by atoms with Crippen molar-refractivity contribution in [2.24, 2.45) is 0 Å². The molecule has 0 fully saturated rings. The van der Waals surface area contributed by atoms with Crippen LogP contribution in [0, 0.1) is 0 Å². The average Bonchev–Trinajstić information content (AvgIpc) is 2.41. The van der Waals surface area contributed by atoms with Gasteiger partial charge in [0.15, 0.2) is 0 Å². The van der Waals surface area contributed by atoms with Crippen LogP contribution in [0.5, 0.6) is 17.2 Å². The fourth-order valence-corrected chi connectivity index (χ4v) is 3.01. The maximum Gasteiger partial charge on any atom is 0.141 e. The van der Waals surface area contributed by atoms with E-state index in [1.54, 1.807) is 26.2 Å². The fourth-order valence-electron chi connectivity index (χ4n) is 1.88. The fraction of sp³-hybridized carbons (Fsp3) is 0.200. The molecule has 20 heavy (non-hydrogen) atoms. The van der Waals surface area contributed by atoms with Gasteiger partial charge in [-0.2, -0.15) is 0 Å². The maximum absolute atomic E-state index is 9.93. The van der Waals surface area contributed by atoms with Crippen molar-refractivity contribution >= 4 is 31.9 Å². The molecule has 3 nitrogen and oxygen atoms in total. The second-order valence-electron chi connectivity index (χ2n) is 4.22. The Morgan fingerprint density at radius 1 is 1.05 bits per heavy atom. The van der Waals surface area contributed by atoms with E-state index in [2.05, 4.69) is 31.9 Å². The molecule has 0 unspecified atom stereocenters. The Balaban J connectivity index is 2.43. The van der Waals surface area contributed by atoms with Crippen molar-refractivity contribution in [3.63, 3.8) is 0 Å². The molecule has 106 valence electrons. The second-order valence-corrected chi connectivity index (χ2v) is 5.99. The second kappa shape index (κ2) is 6.61. The zero-order valence-electron chi connectivity index (χ0n) is 11.1. The molecule has 0 spiro atoms. The lowest BCUT2D eigenvalue weighted by Gasteiger charge is -2.17. The van der Waals surface area contributed by atoms with Crippen molar-refractivity contribution in [1.29, 1.82) is 0 Å². The number of halogens is 2. The number of aliphatic hydroxyl groups excluding tert-OH is 1. The minimum Gasteiger partial charge on any atom is -0.496 e. The average molecular weight is 402 g/mol. The Morgan fingerprint density at radius 2 is 1.75 bits per heavy atom. The summed E-state index contributed by atoms with van der Waals surface area (Å²) in [6, 6.07) is 11.1. The van der Waals surface area contributed by atoms with Crippen LogP contribution < -0.4 is 9.47 Å². The number of ether oxygens (including phenoxy) is 2. The van der Waals surface area contributed by atoms with E-state index < -0.39 is 6.10 Å². The highest BCUT2D eigenvalue weighted by Crippen LogP contribution is 2.39. The Bertz CT molecular complexity index is 612. The van der Waals surface area contributed by atoms with Crippen LogP contribution in [-0.4, -0.2) is 12.2 Å². The summed E-state index contributed by atoms with van der Waals surface area (Å²) in [7, 11) is 1.57. The first kappa shape index (κ1) is 15.4. The van der Waals surface area contributed by atoms with Gasteiger partial charge in [0.2, 0.25) is 0 Å². The van der Waals surface area contributed by atoms with Gasteiger partial charge in [-0.3, -0.25) is 0 Å². The summed E-state index contributed by atoms with van der Waals surface area (Å²) in [5.41, 5.74) is 0.629. The van der Waals surface area contributed by atoms with Crippen LogP contribution in [0.2, 0.25) is 0 Å². The van der Waals surface area contributed by atoms with Crippen LogP contribution in [0.4, 0.5) is 0 Å². The van der Waals surface area contributed by atoms with Crippen LogP contribution >= 0.6 is 31.9 Å². The smallest absolute Gasteiger partial charge is 0.141 e. The maximum atomic E-state index is 9.93. The lowest BCUT2D eigenvalue weighted by molar-refractivity contribution is 0.190. The zero-order chi connectivity index (χ0) is 14.7. The van der Waals surface area contributed by atoms with Gasteiger partial charge in [0.25, 0.3) is 0 Å². The number of aliphatic hydroxyl groups is 1. The number of methoxy groups -OCH3 is 1. The molecule has 5 heteroatoms. The molecule has 1 N–H and O–H groups in total. The molecule has 0 saturated carbocycles. The molecule has 0 radical (unpaired) electrons. The quantitative estimate of drug-likeness (QED) is 0.777. The Hall–Kier alpha value is -1.04. The molecule has 2 aromatic rings. The van der Waals surface area contributed by atoms with Crippen LogP contribution in [0.15, 0.2) is 45.3 Å². The van der Waals surface area contributed by atoms with E-state index in [4.69, 9.17) is 9.47 Å². The summed E-state index contributed by atoms with van der Waals surface area (Å²) in [6.07, 6.45) is -0.685. The third-order valence-electron chi connectivity index (χ3n) is 2.78. The molecule has 2 rings (SSSR count). The van der Waals surface area contributed by atoms with E-state index in [-0.39, 0.29) is 0 Å². The zero-order valence-corrected chi connectivity index (χ0v) is 14.2. The van der Waals surface area contributed by atoms with Crippen molar-refractivity contribution in [1.82, 2.24) is 0 Å². The van der Waals surface area contributed by atoms with Crippen molar-refractivity contribution < 1.29 is 14.6 Å². The van der Waals surface area contributed by atoms with Crippen LogP contribution in [0.1, 0.15) is 18.6 Å². The van der Waals surface area contributed by atoms with E-state index in [0.29, 0.717) is 22.8 Å². The first-order valence-electron chi connectivity index (χ1n) is 6.00. The van der Waals surface area contributed by atoms with E-state index >= 15 is 0 Å². The predicted octanol–water partition coefficient (Wildman–Crippen LogP) is 5.07. The van der Waals surface area contributed by atoms with Crippen molar-refractivity contribution in [3.8, 4) is 17.2 Å². The summed E-state index contributed by atoms with van der Waals surface area (Å²) in [5.74, 6) is 1.84. The molecule has 0 aliphatic heterocycles. The highest BCUT2D eigenvalue weighted by molar-refractivity contribution is 9.11. The molecule has 2 aromatic carbocycles. The molecule has 0 aliphatic rings. The molecule has 0 bridgehead atoms. The molecule has 0 saturated heterocycles. The highest BCUT2D eigenvalue weighted by Gasteiger charge is 2.16. The number of rotatable bonds is 4. The molecule has 1 atom stereocenters. The Labute approximate surface area is 134 Å². The van der Waals surface area contributed by atoms with Gasteiger partial charge in [0.1, 0.15) is 17.2 Å². The minimum absolute atomic E-state index is 0.572. The van der Waals surface area contributed by atoms with Gasteiger partial charge in [-0.15, -0.1) is 0 Å². The van der Waals surface area contributed by atoms with E-state index in [1.165, 1.54) is 0 Å². The lowest BCUT2D eigenvalue weighted by Crippen LogP contribution is -2.00. The third kappa shape index (κ3) is 3.34. The molecule has 0 aliphatic carbocycles. The summed E-state index contributed by atoms with van der Waals surface area (Å²) < 4.78 is 12.9. The van der Waals surface area contributed by atoms with Gasteiger partial charge in [0.05, 0.1) is 23.2 Å². The van der Waals surface area contributed by atoms with E-state index in [9.17, 15) is 5.11 Å². The van der Waals surface area contributed by atoms with Gasteiger partial charge < -0.3 is 14.6 Å². The van der Waals surface area contributed by atoms with E-state index in [1.807, 2.05) is 24.3 Å². The predicted molar refractivity (Wildman–Crippen MR) is 85.5 cm³/mol. The van der Waals surface area contributed by atoms with Crippen molar-refractivity contribution in [2.45, 2.75) is 13.0 Å². The van der Waals surface area contributed by atoms with Gasteiger partial charge in [-0.05, 0) is 53.2 Å². The minimum atomic E-state index is -0.685. The molecule has 0 aromatic heterocycles. The summed E-state index contributed by atoms with van der Waals surface area (Å²) in [5, 5.41) is 9.93. The molecular weight excluding hydrogens is 388 g/mol. The lowest BCUT2D eigenvalue weighted by atomic mass is 10.1. The van der Waals surface area contributed by atoms with Gasteiger partial charge in [-0.1, -0.05) is 22.0 Å². The first-order chi connectivity index (χ1) is 9.52. The Kier molecular flexibility index (Phi) is 5.07. The van der Waals surface area contributed by atoms with Gasteiger partial charge in [-0.25, -0.2) is 0 Å². The highest BCUT2D eigenvalue weighted by atomic mass is 79.9. The van der Waals surface area contributed by atoms with E-state index in [0.717, 1.165) is 8.95 Å². The molecule has 0 amide bonds. The standard InChI is InChI=1S/C15H14Br2O3/c1-9(18)15-13(19-2)4-3-5-14(15)20-12-7-6-10(16)8-11(12)17/h3-9,18H,1-2H3/t9-/m0/s1. The number of hydrogen-bond donors (Lipinski definition) is 1. The molecule has 0 heterocycles. The first-order valence-corrected chi connectivity index (χ1v) is 7.59. The molecular formula is C15H14Br2O3. The summed E-state index contributed by atoms with van der Waals surface area (Å²) in [6.45, 7) is 1.68. The van der Waals surface area contributed by atoms with Gasteiger partial charge in [0, 0.05) is 4.47 Å². The van der Waals surface area contributed by atoms with Crippen LogP contribution in [0.3, 0.4) is 0 Å². The van der Waals surface area contributed by atoms with Crippen LogP contribution in [0.25, 0.3) is 0 Å². The largest absolute Gasteiger partial charge is 0.496 e. The van der Waals surface area contributed by atoms with Crippen molar-refractivity contribution in [3.05, 3.63) is 50.9 Å². The summed E-state index contributed by atoms with van der Waals surface area (Å²) in [4.78, 5) is 0. The van der Waals surface area contributed by atoms with Crippen molar-refractivity contribution in [2.75, 3.05) is 7.11 Å². The Morgan fingerprint density at radius 3 is 2.35 bits per heavy atom. The number of hydrogen-bond acceptors (Lipinski definition) is 3. The third-order valence-corrected chi connectivity index (χ3v) is 3.89. The van der Waals surface area contributed by atoms with Gasteiger partial charge >= 0.3 is 0 Å². The SMILES string of the molecule is COc1cccc(Oc2ccc(Br)cc2Br)c1[C@H](C)O. The number of benzene rings is 2. The summed E-state index contributed by atoms with van der Waals surface area (Å²) >= 11 is 6.85.